The molecule has 0 unspecified atom stereocenters. The van der Waals surface area contributed by atoms with E-state index < -0.39 is 12.6 Å². The van der Waals surface area contributed by atoms with Crippen LogP contribution < -0.4 is 11.2 Å². The molecule has 3 N–H and O–H groups in total. The van der Waals surface area contributed by atoms with Crippen molar-refractivity contribution in [2.45, 2.75) is 12.6 Å². The van der Waals surface area contributed by atoms with E-state index in [1.165, 1.54) is 29.7 Å². The van der Waals surface area contributed by atoms with Crippen molar-refractivity contribution in [1.29, 1.82) is 0 Å². The van der Waals surface area contributed by atoms with Crippen LogP contribution in [0.5, 0.6) is 0 Å². The van der Waals surface area contributed by atoms with Crippen LogP contribution in [0.2, 0.25) is 0 Å². The summed E-state index contributed by atoms with van der Waals surface area (Å²) in [5.74, 6) is 0.389. The highest BCUT2D eigenvalue weighted by Crippen LogP contribution is 2.21. The van der Waals surface area contributed by atoms with Gasteiger partial charge in [0.15, 0.2) is 0 Å². The number of hydrogen-bond donors (Lipinski definition) is 2. The number of nitrogens with zero attached hydrogens (tertiary/aromatic N) is 2. The standard InChI is InChI=1S/C12H11F3N4S/c13-12(14,15)5-8-2-1-3-9(4-8)6-17-19-11-18-10(16)7-20-11/h1-4,6-7H,5,16H2,(H,18,19). The molecule has 0 fully saturated rings. The molecule has 20 heavy (non-hydrogen) atoms. The van der Waals surface area contributed by atoms with Crippen LogP contribution in [0, 0.1) is 0 Å². The molecular formula is C12H11F3N4S. The Bertz CT molecular complexity index is 607. The van der Waals surface area contributed by atoms with E-state index >= 15 is 0 Å². The number of alkyl halides is 3. The van der Waals surface area contributed by atoms with Gasteiger partial charge in [-0.15, -0.1) is 11.3 Å². The number of thiazole rings is 1. The average molecular weight is 300 g/mol. The van der Waals surface area contributed by atoms with E-state index in [1.807, 2.05) is 0 Å². The maximum absolute atomic E-state index is 12.3. The van der Waals surface area contributed by atoms with Crippen molar-refractivity contribution < 1.29 is 13.2 Å². The third-order valence-electron chi connectivity index (χ3n) is 2.25. The predicted octanol–water partition coefficient (Wildman–Crippen LogP) is 3.28. The molecule has 1 aromatic heterocycles. The number of hydrazone groups is 1. The van der Waals surface area contributed by atoms with Gasteiger partial charge in [0.1, 0.15) is 5.82 Å². The fraction of sp³-hybridized carbons (Fsp3) is 0.167. The molecule has 106 valence electrons. The molecule has 2 aromatic rings. The van der Waals surface area contributed by atoms with Crippen LogP contribution in [-0.2, 0) is 6.42 Å². The van der Waals surface area contributed by atoms with Gasteiger partial charge < -0.3 is 5.73 Å². The van der Waals surface area contributed by atoms with Crippen LogP contribution in [-0.4, -0.2) is 17.4 Å². The molecule has 0 aliphatic carbocycles. The zero-order valence-electron chi connectivity index (χ0n) is 10.2. The minimum absolute atomic E-state index is 0.194. The Labute approximate surface area is 117 Å². The van der Waals surface area contributed by atoms with E-state index in [1.54, 1.807) is 17.5 Å². The number of rotatable bonds is 4. The molecule has 0 aliphatic heterocycles. The summed E-state index contributed by atoms with van der Waals surface area (Å²) in [6.07, 6.45) is -3.74. The fourth-order valence-corrected chi connectivity index (χ4v) is 2.06. The summed E-state index contributed by atoms with van der Waals surface area (Å²) in [7, 11) is 0. The van der Waals surface area contributed by atoms with E-state index in [0.717, 1.165) is 0 Å². The van der Waals surface area contributed by atoms with E-state index in [2.05, 4.69) is 15.5 Å². The number of nitrogens with two attached hydrogens (primary N) is 1. The summed E-state index contributed by atoms with van der Waals surface area (Å²) in [5.41, 5.74) is 8.86. The number of benzene rings is 1. The Balaban J connectivity index is 2.00. The lowest BCUT2D eigenvalue weighted by atomic mass is 10.1. The van der Waals surface area contributed by atoms with E-state index in [9.17, 15) is 13.2 Å². The van der Waals surface area contributed by atoms with Gasteiger partial charge in [0.2, 0.25) is 5.13 Å². The Hall–Kier alpha value is -2.09. The maximum atomic E-state index is 12.3. The monoisotopic (exact) mass is 300 g/mol. The van der Waals surface area contributed by atoms with Crippen LogP contribution in [0.15, 0.2) is 34.7 Å². The van der Waals surface area contributed by atoms with Gasteiger partial charge in [-0.3, -0.25) is 5.43 Å². The van der Waals surface area contributed by atoms with Crippen molar-refractivity contribution >= 4 is 28.5 Å². The number of hydrogen-bond acceptors (Lipinski definition) is 5. The lowest BCUT2D eigenvalue weighted by Crippen LogP contribution is -2.11. The largest absolute Gasteiger partial charge is 0.393 e. The molecule has 8 heteroatoms. The van der Waals surface area contributed by atoms with Gasteiger partial charge in [0, 0.05) is 5.38 Å². The van der Waals surface area contributed by atoms with Gasteiger partial charge in [-0.2, -0.15) is 18.3 Å². The van der Waals surface area contributed by atoms with Crippen LogP contribution in [0.25, 0.3) is 0 Å². The molecule has 2 rings (SSSR count). The molecule has 4 nitrogen and oxygen atoms in total. The minimum atomic E-state index is -4.22. The highest BCUT2D eigenvalue weighted by molar-refractivity contribution is 7.14. The molecule has 0 spiro atoms. The smallest absolute Gasteiger partial charge is 0.383 e. The second kappa shape index (κ2) is 5.91. The minimum Gasteiger partial charge on any atom is -0.383 e. The van der Waals surface area contributed by atoms with Crippen molar-refractivity contribution in [3.05, 3.63) is 40.8 Å². The molecule has 0 bridgehead atoms. The number of halogens is 3. The maximum Gasteiger partial charge on any atom is 0.393 e. The van der Waals surface area contributed by atoms with Gasteiger partial charge in [0.25, 0.3) is 0 Å². The summed E-state index contributed by atoms with van der Waals surface area (Å²) in [6.45, 7) is 0. The molecule has 1 heterocycles. The van der Waals surface area contributed by atoms with Crippen molar-refractivity contribution in [1.82, 2.24) is 4.98 Å². The normalized spacial score (nSPS) is 11.9. The third kappa shape index (κ3) is 4.54. The van der Waals surface area contributed by atoms with Gasteiger partial charge in [-0.1, -0.05) is 18.2 Å². The van der Waals surface area contributed by atoms with Crippen molar-refractivity contribution in [3.8, 4) is 0 Å². The molecule has 1 aromatic carbocycles. The topological polar surface area (TPSA) is 63.3 Å². The number of anilines is 2. The number of aromatic nitrogens is 1. The first-order valence-electron chi connectivity index (χ1n) is 5.58. The first-order chi connectivity index (χ1) is 9.42. The van der Waals surface area contributed by atoms with Crippen LogP contribution in [0.1, 0.15) is 11.1 Å². The van der Waals surface area contributed by atoms with Crippen LogP contribution in [0.3, 0.4) is 0 Å². The highest BCUT2D eigenvalue weighted by Gasteiger charge is 2.27. The molecular weight excluding hydrogens is 289 g/mol. The first kappa shape index (κ1) is 14.3. The molecule has 0 atom stereocenters. The Morgan fingerprint density at radius 2 is 2.20 bits per heavy atom. The predicted molar refractivity (Wildman–Crippen MR) is 73.9 cm³/mol. The zero-order valence-corrected chi connectivity index (χ0v) is 11.0. The Kier molecular flexibility index (Phi) is 4.23. The third-order valence-corrected chi connectivity index (χ3v) is 3.02. The second-order valence-electron chi connectivity index (χ2n) is 3.98. The molecule has 0 amide bonds. The molecule has 0 saturated heterocycles. The van der Waals surface area contributed by atoms with Crippen molar-refractivity contribution in [2.75, 3.05) is 11.2 Å². The zero-order chi connectivity index (χ0) is 14.6. The summed E-state index contributed by atoms with van der Waals surface area (Å²) in [5, 5.41) is 6.07. The highest BCUT2D eigenvalue weighted by atomic mass is 32.1. The summed E-state index contributed by atoms with van der Waals surface area (Å²) < 4.78 is 36.9. The SMILES string of the molecule is Nc1csc(NN=Cc2cccc(CC(F)(F)F)c2)n1. The summed E-state index contributed by atoms with van der Waals surface area (Å²) in [4.78, 5) is 3.93. The molecule has 0 radical (unpaired) electrons. The van der Waals surface area contributed by atoms with E-state index in [0.29, 0.717) is 16.5 Å². The van der Waals surface area contributed by atoms with Gasteiger partial charge >= 0.3 is 6.18 Å². The van der Waals surface area contributed by atoms with Gasteiger partial charge in [0.05, 0.1) is 12.6 Å². The Morgan fingerprint density at radius 3 is 2.85 bits per heavy atom. The first-order valence-corrected chi connectivity index (χ1v) is 6.46. The molecule has 0 aliphatic rings. The van der Waals surface area contributed by atoms with Crippen LogP contribution >= 0.6 is 11.3 Å². The van der Waals surface area contributed by atoms with Crippen molar-refractivity contribution in [2.24, 2.45) is 5.10 Å². The number of nitrogen functional groups attached to an aromatic ring is 1. The summed E-state index contributed by atoms with van der Waals surface area (Å²) >= 11 is 1.29. The quantitative estimate of drug-likeness (QED) is 0.673. The van der Waals surface area contributed by atoms with Gasteiger partial charge in [-0.25, -0.2) is 4.98 Å². The lowest BCUT2D eigenvalue weighted by molar-refractivity contribution is -0.127. The summed E-state index contributed by atoms with van der Waals surface area (Å²) in [6, 6.07) is 6.10. The van der Waals surface area contributed by atoms with E-state index in [-0.39, 0.29) is 5.56 Å². The Morgan fingerprint density at radius 1 is 1.40 bits per heavy atom. The van der Waals surface area contributed by atoms with Gasteiger partial charge in [-0.05, 0) is 17.2 Å². The fourth-order valence-electron chi connectivity index (χ4n) is 1.51. The second-order valence-corrected chi connectivity index (χ2v) is 4.84. The molecule has 0 saturated carbocycles. The van der Waals surface area contributed by atoms with Crippen LogP contribution in [0.4, 0.5) is 24.1 Å². The van der Waals surface area contributed by atoms with Crippen molar-refractivity contribution in [3.63, 3.8) is 0 Å². The average Bonchev–Trinajstić information content (AvgIpc) is 2.73. The number of nitrogens with one attached hydrogen (secondary N) is 1. The van der Waals surface area contributed by atoms with E-state index in [4.69, 9.17) is 5.73 Å². The lowest BCUT2D eigenvalue weighted by Gasteiger charge is -2.06.